The molecule has 0 amide bonds. The standard InChI is InChI=1S/C31H36N2O5/c1-2-3-4-5-7-22-11-16-26(17-12-22)38-30(34)18-13-23-9-14-25(15-10-23)37-19-6-8-27-28(31(35)36)20-24(32)21-29(27)33/h9-18,20-21H,2-8,19,32-33H2,1H3,(H,35,36)/b18-13+. The number of aromatic carboxylic acids is 1. The van der Waals surface area contributed by atoms with Crippen LogP contribution in [0.25, 0.3) is 6.08 Å². The second-order valence-corrected chi connectivity index (χ2v) is 9.17. The normalized spacial score (nSPS) is 11.0. The van der Waals surface area contributed by atoms with Crippen molar-refractivity contribution < 1.29 is 24.2 Å². The minimum atomic E-state index is -1.06. The number of ether oxygens (including phenoxy) is 2. The molecule has 3 aromatic rings. The molecule has 0 bridgehead atoms. The highest BCUT2D eigenvalue weighted by Crippen LogP contribution is 2.23. The van der Waals surface area contributed by atoms with Crippen molar-refractivity contribution >= 4 is 29.4 Å². The van der Waals surface area contributed by atoms with Crippen LogP contribution in [0.1, 0.15) is 66.1 Å². The van der Waals surface area contributed by atoms with Crippen molar-refractivity contribution in [1.29, 1.82) is 0 Å². The molecule has 3 aromatic carbocycles. The molecule has 5 N–H and O–H groups in total. The number of unbranched alkanes of at least 4 members (excludes halogenated alkanes) is 3. The van der Waals surface area contributed by atoms with Gasteiger partial charge in [-0.3, -0.25) is 0 Å². The van der Waals surface area contributed by atoms with Gasteiger partial charge in [-0.25, -0.2) is 9.59 Å². The van der Waals surface area contributed by atoms with E-state index in [1.165, 1.54) is 43.4 Å². The van der Waals surface area contributed by atoms with E-state index in [4.69, 9.17) is 20.9 Å². The molecule has 0 fully saturated rings. The Labute approximate surface area is 224 Å². The molecule has 0 heterocycles. The predicted octanol–water partition coefficient (Wildman–Crippen LogP) is 6.30. The molecule has 0 saturated carbocycles. The van der Waals surface area contributed by atoms with Gasteiger partial charge in [-0.15, -0.1) is 0 Å². The number of rotatable bonds is 14. The number of esters is 1. The molecule has 0 unspecified atom stereocenters. The molecule has 0 aliphatic heterocycles. The van der Waals surface area contributed by atoms with Gasteiger partial charge in [0.25, 0.3) is 0 Å². The summed E-state index contributed by atoms with van der Waals surface area (Å²) in [7, 11) is 0. The van der Waals surface area contributed by atoms with Crippen molar-refractivity contribution in [1.82, 2.24) is 0 Å². The first kappa shape index (κ1) is 28.3. The summed E-state index contributed by atoms with van der Waals surface area (Å²) in [5, 5.41) is 9.40. The van der Waals surface area contributed by atoms with Gasteiger partial charge in [-0.2, -0.15) is 0 Å². The van der Waals surface area contributed by atoms with Crippen LogP contribution in [0.5, 0.6) is 11.5 Å². The van der Waals surface area contributed by atoms with Crippen molar-refractivity contribution in [3.05, 3.63) is 89.0 Å². The second kappa shape index (κ2) is 14.5. The first-order valence-corrected chi connectivity index (χ1v) is 13.0. The number of aryl methyl sites for hydroxylation is 1. The maximum atomic E-state index is 12.2. The van der Waals surface area contributed by atoms with Gasteiger partial charge in [0.2, 0.25) is 0 Å². The molecule has 0 saturated heterocycles. The van der Waals surface area contributed by atoms with Crippen LogP contribution >= 0.6 is 0 Å². The summed E-state index contributed by atoms with van der Waals surface area (Å²) in [6.45, 7) is 2.59. The van der Waals surface area contributed by atoms with Crippen LogP contribution in [-0.2, 0) is 17.6 Å². The van der Waals surface area contributed by atoms with Gasteiger partial charge in [-0.1, -0.05) is 50.5 Å². The number of hydrogen-bond acceptors (Lipinski definition) is 6. The lowest BCUT2D eigenvalue weighted by atomic mass is 10.00. The Morgan fingerprint density at radius 3 is 2.26 bits per heavy atom. The quantitative estimate of drug-likeness (QED) is 0.0754. The Bertz CT molecular complexity index is 1230. The largest absolute Gasteiger partial charge is 0.494 e. The van der Waals surface area contributed by atoms with Crippen molar-refractivity contribution in [2.75, 3.05) is 18.1 Å². The van der Waals surface area contributed by atoms with Crippen LogP contribution in [0, 0.1) is 0 Å². The van der Waals surface area contributed by atoms with E-state index in [2.05, 4.69) is 6.92 Å². The minimum Gasteiger partial charge on any atom is -0.494 e. The topological polar surface area (TPSA) is 125 Å². The third-order valence-electron chi connectivity index (χ3n) is 6.13. The Hall–Kier alpha value is -4.26. The number of carbonyl (C=O) groups is 2. The summed E-state index contributed by atoms with van der Waals surface area (Å²) in [6.07, 6.45) is 10.1. The smallest absolute Gasteiger partial charge is 0.336 e. The zero-order valence-corrected chi connectivity index (χ0v) is 21.8. The van der Waals surface area contributed by atoms with Gasteiger partial charge in [0.05, 0.1) is 12.2 Å². The summed E-state index contributed by atoms with van der Waals surface area (Å²) >= 11 is 0. The summed E-state index contributed by atoms with van der Waals surface area (Å²) < 4.78 is 11.2. The zero-order chi connectivity index (χ0) is 27.3. The van der Waals surface area contributed by atoms with Gasteiger partial charge in [0.1, 0.15) is 11.5 Å². The van der Waals surface area contributed by atoms with Crippen LogP contribution in [0.3, 0.4) is 0 Å². The number of nitrogens with two attached hydrogens (primary N) is 2. The molecule has 7 nitrogen and oxygen atoms in total. The molecule has 0 aromatic heterocycles. The number of nitrogen functional groups attached to an aromatic ring is 2. The van der Waals surface area contributed by atoms with E-state index in [-0.39, 0.29) is 5.56 Å². The Morgan fingerprint density at radius 1 is 0.868 bits per heavy atom. The number of carboxylic acids is 1. The number of hydrogen-bond donors (Lipinski definition) is 3. The molecule has 0 aliphatic rings. The van der Waals surface area contributed by atoms with Crippen molar-refractivity contribution in [2.24, 2.45) is 0 Å². The van der Waals surface area contributed by atoms with Gasteiger partial charge in [-0.05, 0) is 84.8 Å². The van der Waals surface area contributed by atoms with Crippen molar-refractivity contribution in [2.45, 2.75) is 51.9 Å². The van der Waals surface area contributed by atoms with Crippen LogP contribution in [-0.4, -0.2) is 23.7 Å². The molecule has 0 spiro atoms. The van der Waals surface area contributed by atoms with Gasteiger partial charge < -0.3 is 26.0 Å². The minimum absolute atomic E-state index is 0.118. The molecule has 0 radical (unpaired) electrons. The molecule has 0 atom stereocenters. The molecule has 3 rings (SSSR count). The fourth-order valence-electron chi connectivity index (χ4n) is 4.10. The van der Waals surface area contributed by atoms with E-state index in [0.717, 1.165) is 12.0 Å². The molecular weight excluding hydrogens is 480 g/mol. The maximum absolute atomic E-state index is 12.2. The van der Waals surface area contributed by atoms with E-state index < -0.39 is 11.9 Å². The van der Waals surface area contributed by atoms with Crippen LogP contribution in [0.2, 0.25) is 0 Å². The zero-order valence-electron chi connectivity index (χ0n) is 21.8. The van der Waals surface area contributed by atoms with E-state index >= 15 is 0 Å². The van der Waals surface area contributed by atoms with Gasteiger partial charge in [0.15, 0.2) is 0 Å². The molecule has 7 heteroatoms. The molecule has 38 heavy (non-hydrogen) atoms. The van der Waals surface area contributed by atoms with E-state index in [1.807, 2.05) is 48.5 Å². The third kappa shape index (κ3) is 9.00. The molecule has 200 valence electrons. The Morgan fingerprint density at radius 2 is 1.58 bits per heavy atom. The van der Waals surface area contributed by atoms with Crippen molar-refractivity contribution in [3.63, 3.8) is 0 Å². The Balaban J connectivity index is 1.43. The summed E-state index contributed by atoms with van der Waals surface area (Å²) in [5.41, 5.74) is 15.1. The number of carboxylic acid groups (broad SMARTS) is 1. The summed E-state index contributed by atoms with van der Waals surface area (Å²) in [6, 6.07) is 18.0. The highest BCUT2D eigenvalue weighted by Gasteiger charge is 2.14. The summed E-state index contributed by atoms with van der Waals surface area (Å²) in [5.74, 6) is -0.303. The lowest BCUT2D eigenvalue weighted by Crippen LogP contribution is -2.09. The maximum Gasteiger partial charge on any atom is 0.336 e. The number of carbonyl (C=O) groups excluding carboxylic acids is 1. The highest BCUT2D eigenvalue weighted by molar-refractivity contribution is 5.92. The van der Waals surface area contributed by atoms with Crippen molar-refractivity contribution in [3.8, 4) is 11.5 Å². The molecular formula is C31H36N2O5. The highest BCUT2D eigenvalue weighted by atomic mass is 16.5. The predicted molar refractivity (Wildman–Crippen MR) is 151 cm³/mol. The molecule has 0 aliphatic carbocycles. The Kier molecular flexibility index (Phi) is 10.8. The average molecular weight is 517 g/mol. The van der Waals surface area contributed by atoms with E-state index in [0.29, 0.717) is 47.9 Å². The third-order valence-corrected chi connectivity index (χ3v) is 6.13. The van der Waals surface area contributed by atoms with Gasteiger partial charge >= 0.3 is 11.9 Å². The first-order chi connectivity index (χ1) is 18.4. The average Bonchev–Trinajstić information content (AvgIpc) is 2.90. The number of benzene rings is 3. The van der Waals surface area contributed by atoms with Crippen LogP contribution in [0.15, 0.2) is 66.7 Å². The van der Waals surface area contributed by atoms with E-state index in [9.17, 15) is 14.7 Å². The lowest BCUT2D eigenvalue weighted by molar-refractivity contribution is -0.128. The lowest BCUT2D eigenvalue weighted by Gasteiger charge is -2.11. The van der Waals surface area contributed by atoms with Gasteiger partial charge in [0, 0.05) is 17.5 Å². The SMILES string of the molecule is CCCCCCc1ccc(OC(=O)/C=C/c2ccc(OCCCc3c(N)cc(N)cc3C(=O)O)cc2)cc1. The fourth-order valence-corrected chi connectivity index (χ4v) is 4.10. The first-order valence-electron chi connectivity index (χ1n) is 13.0. The number of anilines is 2. The fraction of sp³-hybridized carbons (Fsp3) is 0.290. The monoisotopic (exact) mass is 516 g/mol. The van der Waals surface area contributed by atoms with Crippen LogP contribution in [0.4, 0.5) is 11.4 Å². The van der Waals surface area contributed by atoms with E-state index in [1.54, 1.807) is 12.1 Å². The van der Waals surface area contributed by atoms with Crippen LogP contribution < -0.4 is 20.9 Å². The second-order valence-electron chi connectivity index (χ2n) is 9.17. The summed E-state index contributed by atoms with van der Waals surface area (Å²) in [4.78, 5) is 23.7.